The van der Waals surface area contributed by atoms with Crippen LogP contribution >= 0.6 is 0 Å². The van der Waals surface area contributed by atoms with Crippen LogP contribution in [0.5, 0.6) is 11.5 Å². The second-order valence-electron chi connectivity index (χ2n) is 6.62. The van der Waals surface area contributed by atoms with Crippen LogP contribution < -0.4 is 9.47 Å². The third-order valence-corrected chi connectivity index (χ3v) is 5.17. The molecule has 0 amide bonds. The van der Waals surface area contributed by atoms with E-state index in [1.807, 2.05) is 0 Å². The maximum absolute atomic E-state index is 5.46. The summed E-state index contributed by atoms with van der Waals surface area (Å²) in [6.45, 7) is 4.64. The Balaban J connectivity index is 1.78. The normalized spacial score (nSPS) is 26.2. The lowest BCUT2D eigenvalue weighted by Crippen LogP contribution is -2.41. The van der Waals surface area contributed by atoms with Crippen molar-refractivity contribution in [1.29, 1.82) is 0 Å². The Morgan fingerprint density at radius 1 is 1.05 bits per heavy atom. The predicted molar refractivity (Wildman–Crippen MR) is 85.1 cm³/mol. The van der Waals surface area contributed by atoms with Crippen molar-refractivity contribution in [2.75, 3.05) is 20.8 Å². The van der Waals surface area contributed by atoms with Gasteiger partial charge in [0.25, 0.3) is 0 Å². The van der Waals surface area contributed by atoms with Crippen LogP contribution in [-0.4, -0.2) is 31.7 Å². The van der Waals surface area contributed by atoms with Gasteiger partial charge in [0.05, 0.1) is 14.2 Å². The molecule has 21 heavy (non-hydrogen) atoms. The monoisotopic (exact) mass is 289 g/mol. The average Bonchev–Trinajstić information content (AvgIpc) is 2.53. The van der Waals surface area contributed by atoms with Crippen molar-refractivity contribution >= 4 is 0 Å². The minimum absolute atomic E-state index is 0.773. The maximum Gasteiger partial charge on any atom is 0.161 e. The zero-order valence-corrected chi connectivity index (χ0v) is 13.5. The molecule has 0 spiro atoms. The molecule has 2 atom stereocenters. The van der Waals surface area contributed by atoms with E-state index in [-0.39, 0.29) is 0 Å². The molecule has 0 saturated heterocycles. The molecule has 0 bridgehead atoms. The van der Waals surface area contributed by atoms with Crippen molar-refractivity contribution in [2.45, 2.75) is 51.6 Å². The molecule has 0 radical (unpaired) electrons. The second-order valence-corrected chi connectivity index (χ2v) is 6.62. The van der Waals surface area contributed by atoms with Gasteiger partial charge in [-0.05, 0) is 48.4 Å². The molecule has 0 aromatic heterocycles. The molecular weight excluding hydrogens is 262 g/mol. The van der Waals surface area contributed by atoms with E-state index in [1.54, 1.807) is 14.2 Å². The van der Waals surface area contributed by atoms with Crippen LogP contribution in [0.3, 0.4) is 0 Å². The van der Waals surface area contributed by atoms with E-state index in [9.17, 15) is 0 Å². The summed E-state index contributed by atoms with van der Waals surface area (Å²) in [6.07, 6.45) is 6.66. The van der Waals surface area contributed by atoms with Crippen LogP contribution in [0.4, 0.5) is 0 Å². The van der Waals surface area contributed by atoms with Crippen LogP contribution in [0.25, 0.3) is 0 Å². The van der Waals surface area contributed by atoms with E-state index in [0.29, 0.717) is 0 Å². The van der Waals surface area contributed by atoms with E-state index < -0.39 is 0 Å². The molecule has 116 valence electrons. The standard InChI is InChI=1S/C18H27NO2/c1-13-5-4-6-16(9-13)19-8-7-14-10-17(20-2)18(21-3)11-15(14)12-19/h10-11,13,16H,4-9,12H2,1-3H3/t13-,16-/m0/s1. The fourth-order valence-electron chi connectivity index (χ4n) is 3.95. The van der Waals surface area contributed by atoms with Crippen molar-refractivity contribution in [3.8, 4) is 11.5 Å². The summed E-state index contributed by atoms with van der Waals surface area (Å²) in [4.78, 5) is 2.68. The first-order chi connectivity index (χ1) is 10.2. The van der Waals surface area contributed by atoms with Crippen molar-refractivity contribution in [3.63, 3.8) is 0 Å². The van der Waals surface area contributed by atoms with Crippen molar-refractivity contribution in [2.24, 2.45) is 5.92 Å². The van der Waals surface area contributed by atoms with Crippen LogP contribution in [0.2, 0.25) is 0 Å². The summed E-state index contributed by atoms with van der Waals surface area (Å²) >= 11 is 0. The fraction of sp³-hybridized carbons (Fsp3) is 0.667. The molecule has 1 fully saturated rings. The van der Waals surface area contributed by atoms with E-state index in [0.717, 1.165) is 36.4 Å². The predicted octanol–water partition coefficient (Wildman–Crippen LogP) is 3.64. The molecule has 3 nitrogen and oxygen atoms in total. The summed E-state index contributed by atoms with van der Waals surface area (Å²) in [6, 6.07) is 5.11. The minimum Gasteiger partial charge on any atom is -0.493 e. The van der Waals surface area contributed by atoms with Gasteiger partial charge in [0.1, 0.15) is 0 Å². The Hall–Kier alpha value is -1.22. The van der Waals surface area contributed by atoms with Crippen LogP contribution in [0, 0.1) is 5.92 Å². The fourth-order valence-corrected chi connectivity index (χ4v) is 3.95. The van der Waals surface area contributed by atoms with Crippen molar-refractivity contribution in [3.05, 3.63) is 23.3 Å². The van der Waals surface area contributed by atoms with Gasteiger partial charge in [0.15, 0.2) is 11.5 Å². The molecule has 1 aromatic rings. The molecule has 0 N–H and O–H groups in total. The molecule has 1 aliphatic heterocycles. The summed E-state index contributed by atoms with van der Waals surface area (Å²) < 4.78 is 10.9. The Morgan fingerprint density at radius 3 is 2.43 bits per heavy atom. The van der Waals surface area contributed by atoms with E-state index >= 15 is 0 Å². The van der Waals surface area contributed by atoms with Gasteiger partial charge in [-0.2, -0.15) is 0 Å². The number of hydrogen-bond acceptors (Lipinski definition) is 3. The highest BCUT2D eigenvalue weighted by atomic mass is 16.5. The second kappa shape index (κ2) is 6.27. The summed E-state index contributed by atoms with van der Waals surface area (Å²) in [5, 5.41) is 0. The highest BCUT2D eigenvalue weighted by Crippen LogP contribution is 2.35. The first kappa shape index (κ1) is 14.7. The van der Waals surface area contributed by atoms with E-state index in [4.69, 9.17) is 9.47 Å². The van der Waals surface area contributed by atoms with Crippen LogP contribution in [-0.2, 0) is 13.0 Å². The summed E-state index contributed by atoms with van der Waals surface area (Å²) in [5.74, 6) is 2.60. The number of hydrogen-bond donors (Lipinski definition) is 0. The van der Waals surface area contributed by atoms with Gasteiger partial charge in [0, 0.05) is 19.1 Å². The van der Waals surface area contributed by atoms with E-state index in [2.05, 4.69) is 24.0 Å². The highest BCUT2D eigenvalue weighted by Gasteiger charge is 2.28. The van der Waals surface area contributed by atoms with Gasteiger partial charge in [-0.3, -0.25) is 4.90 Å². The number of nitrogens with zero attached hydrogens (tertiary/aromatic N) is 1. The maximum atomic E-state index is 5.46. The van der Waals surface area contributed by atoms with Gasteiger partial charge in [-0.1, -0.05) is 19.8 Å². The van der Waals surface area contributed by atoms with Gasteiger partial charge in [-0.25, -0.2) is 0 Å². The molecule has 3 heteroatoms. The van der Waals surface area contributed by atoms with Gasteiger partial charge in [-0.15, -0.1) is 0 Å². The first-order valence-electron chi connectivity index (χ1n) is 8.19. The van der Waals surface area contributed by atoms with Gasteiger partial charge in [0.2, 0.25) is 0 Å². The Bertz CT molecular complexity index is 500. The molecule has 1 saturated carbocycles. The molecule has 3 rings (SSSR count). The molecule has 0 unspecified atom stereocenters. The third-order valence-electron chi connectivity index (χ3n) is 5.17. The van der Waals surface area contributed by atoms with Crippen molar-refractivity contribution < 1.29 is 9.47 Å². The molecular formula is C18H27NO2. The molecule has 2 aliphatic rings. The summed E-state index contributed by atoms with van der Waals surface area (Å²) in [7, 11) is 3.43. The van der Waals surface area contributed by atoms with Crippen LogP contribution in [0.15, 0.2) is 12.1 Å². The number of rotatable bonds is 3. The highest BCUT2D eigenvalue weighted by molar-refractivity contribution is 5.48. The molecule has 1 heterocycles. The van der Waals surface area contributed by atoms with Crippen molar-refractivity contribution in [1.82, 2.24) is 4.90 Å². The van der Waals surface area contributed by atoms with Crippen LogP contribution in [0.1, 0.15) is 43.7 Å². The average molecular weight is 289 g/mol. The number of methoxy groups -OCH3 is 2. The third kappa shape index (κ3) is 3.03. The number of ether oxygens (including phenoxy) is 2. The summed E-state index contributed by atoms with van der Waals surface area (Å²) in [5.41, 5.74) is 2.84. The number of fused-ring (bicyclic) bond motifs is 1. The lowest BCUT2D eigenvalue weighted by atomic mass is 9.85. The topological polar surface area (TPSA) is 21.7 Å². The smallest absolute Gasteiger partial charge is 0.161 e. The zero-order chi connectivity index (χ0) is 14.8. The zero-order valence-electron chi connectivity index (χ0n) is 13.5. The lowest BCUT2D eigenvalue weighted by molar-refractivity contribution is 0.121. The SMILES string of the molecule is COc1cc2c(cc1OC)CN([C@H]1CCC[C@H](C)C1)CC2. The van der Waals surface area contributed by atoms with Gasteiger partial charge < -0.3 is 9.47 Å². The quantitative estimate of drug-likeness (QED) is 0.848. The Morgan fingerprint density at radius 2 is 1.76 bits per heavy atom. The van der Waals surface area contributed by atoms with E-state index in [1.165, 1.54) is 43.4 Å². The lowest BCUT2D eigenvalue weighted by Gasteiger charge is -2.39. The molecule has 1 aliphatic carbocycles. The largest absolute Gasteiger partial charge is 0.493 e. The minimum atomic E-state index is 0.773. The van der Waals surface area contributed by atoms with Gasteiger partial charge >= 0.3 is 0 Å². The first-order valence-corrected chi connectivity index (χ1v) is 8.19. The number of benzene rings is 1. The Labute approximate surface area is 128 Å². The Kier molecular flexibility index (Phi) is 4.39. The molecule has 1 aromatic carbocycles.